The summed E-state index contributed by atoms with van der Waals surface area (Å²) in [4.78, 5) is 0. The highest BCUT2D eigenvalue weighted by molar-refractivity contribution is 6.12. The first-order chi connectivity index (χ1) is 23.7. The second-order valence-corrected chi connectivity index (χ2v) is 12.1. The number of aromatic nitrogens is 2. The predicted molar refractivity (Wildman–Crippen MR) is 209 cm³/mol. The molecule has 0 saturated carbocycles. The zero-order valence-corrected chi connectivity index (χ0v) is 27.9. The van der Waals surface area contributed by atoms with Gasteiger partial charge in [-0.3, -0.25) is 0 Å². The number of para-hydroxylation sites is 2. The molecule has 2 heteroatoms. The van der Waals surface area contributed by atoms with Crippen molar-refractivity contribution in [1.82, 2.24) is 9.13 Å². The van der Waals surface area contributed by atoms with Crippen LogP contribution in [0.2, 0.25) is 0 Å². The molecule has 0 N–H and O–H groups in total. The van der Waals surface area contributed by atoms with Crippen molar-refractivity contribution in [2.45, 2.75) is 27.7 Å². The van der Waals surface area contributed by atoms with E-state index in [1.807, 2.05) is 13.8 Å². The maximum Gasteiger partial charge on any atom is 0.0541 e. The number of hydrogen-bond acceptors (Lipinski definition) is 0. The van der Waals surface area contributed by atoms with E-state index in [1.54, 1.807) is 0 Å². The van der Waals surface area contributed by atoms with Crippen molar-refractivity contribution in [1.29, 1.82) is 0 Å². The van der Waals surface area contributed by atoms with Crippen LogP contribution in [0.5, 0.6) is 0 Å². The van der Waals surface area contributed by atoms with Gasteiger partial charge in [-0.05, 0) is 101 Å². The minimum atomic E-state index is 1.18. The molecule has 0 aliphatic heterocycles. The fraction of sp³-hybridized carbons (Fsp3) is 0.0870. The molecule has 9 aromatic rings. The smallest absolute Gasteiger partial charge is 0.0541 e. The number of fused-ring (bicyclic) bond motifs is 7. The van der Waals surface area contributed by atoms with Gasteiger partial charge in [0.15, 0.2) is 0 Å². The van der Waals surface area contributed by atoms with Crippen LogP contribution in [0.25, 0.3) is 88.9 Å². The van der Waals surface area contributed by atoms with Crippen molar-refractivity contribution in [2.75, 3.05) is 0 Å². The Morgan fingerprint density at radius 1 is 0.396 bits per heavy atom. The van der Waals surface area contributed by atoms with E-state index >= 15 is 0 Å². The molecule has 0 unspecified atom stereocenters. The quantitative estimate of drug-likeness (QED) is 0.174. The number of hydrogen-bond donors (Lipinski definition) is 0. The third kappa shape index (κ3) is 4.56. The molecular weight excluding hydrogens is 581 g/mol. The summed E-state index contributed by atoms with van der Waals surface area (Å²) < 4.78 is 4.79. The summed E-state index contributed by atoms with van der Waals surface area (Å²) in [5.74, 6) is 0. The Morgan fingerprint density at radius 3 is 1.75 bits per heavy atom. The van der Waals surface area contributed by atoms with Gasteiger partial charge in [0.2, 0.25) is 0 Å². The highest BCUT2D eigenvalue weighted by Crippen LogP contribution is 2.37. The molecule has 2 aromatic heterocycles. The van der Waals surface area contributed by atoms with Gasteiger partial charge in [0.05, 0.1) is 16.6 Å². The Balaban J connectivity index is 0.00000165. The van der Waals surface area contributed by atoms with E-state index in [9.17, 15) is 0 Å². The van der Waals surface area contributed by atoms with Gasteiger partial charge in [0.1, 0.15) is 0 Å². The van der Waals surface area contributed by atoms with Gasteiger partial charge in [-0.25, -0.2) is 0 Å². The molecule has 0 aliphatic rings. The highest BCUT2D eigenvalue weighted by Gasteiger charge is 2.15. The van der Waals surface area contributed by atoms with Crippen LogP contribution in [0, 0.1) is 0 Å². The standard InChI is InChI=1S/C44H32N2.C2H6/c1-3-35-39-27-30(20-24-43(39)45(41(35)4-2)33-13-6-5-7-14-33)31-21-25-44-40(28-31)38-16-10-11-17-42(38)46(44)34-22-23-37-32(26-34)19-18-29-12-8-9-15-36(29)37;1-2/h3-28H,1-2H3;1-2H3/b35-3-,41-4+;. The molecule has 0 bridgehead atoms. The summed E-state index contributed by atoms with van der Waals surface area (Å²) in [5.41, 5.74) is 8.45. The Labute approximate surface area is 281 Å². The van der Waals surface area contributed by atoms with Crippen molar-refractivity contribution < 1.29 is 0 Å². The van der Waals surface area contributed by atoms with Crippen molar-refractivity contribution in [2.24, 2.45) is 0 Å². The molecule has 48 heavy (non-hydrogen) atoms. The van der Waals surface area contributed by atoms with Gasteiger partial charge in [-0.1, -0.05) is 117 Å². The van der Waals surface area contributed by atoms with Crippen LogP contribution in [0.3, 0.4) is 0 Å². The highest BCUT2D eigenvalue weighted by atomic mass is 15.0. The number of nitrogens with zero attached hydrogens (tertiary/aromatic N) is 2. The molecule has 0 fully saturated rings. The lowest BCUT2D eigenvalue weighted by atomic mass is 10.0. The van der Waals surface area contributed by atoms with E-state index in [0.29, 0.717) is 0 Å². The minimum Gasteiger partial charge on any atom is -0.310 e. The molecule has 0 spiro atoms. The van der Waals surface area contributed by atoms with Crippen molar-refractivity contribution in [3.63, 3.8) is 0 Å². The second kappa shape index (κ2) is 12.1. The van der Waals surface area contributed by atoms with Crippen molar-refractivity contribution in [3.8, 4) is 22.5 Å². The predicted octanol–water partition coefficient (Wildman–Crippen LogP) is 11.3. The summed E-state index contributed by atoms with van der Waals surface area (Å²) in [6.07, 6.45) is 4.46. The Hall–Kier alpha value is -5.86. The van der Waals surface area contributed by atoms with Gasteiger partial charge in [-0.15, -0.1) is 0 Å². The first-order valence-electron chi connectivity index (χ1n) is 17.0. The van der Waals surface area contributed by atoms with E-state index < -0.39 is 0 Å². The second-order valence-electron chi connectivity index (χ2n) is 12.1. The third-order valence-electron chi connectivity index (χ3n) is 9.61. The van der Waals surface area contributed by atoms with E-state index in [1.165, 1.54) is 87.3 Å². The van der Waals surface area contributed by atoms with Crippen LogP contribution >= 0.6 is 0 Å². The number of benzene rings is 7. The van der Waals surface area contributed by atoms with E-state index in [2.05, 4.69) is 181 Å². The fourth-order valence-corrected chi connectivity index (χ4v) is 7.53. The molecule has 0 saturated heterocycles. The maximum atomic E-state index is 2.42. The van der Waals surface area contributed by atoms with Crippen LogP contribution in [-0.2, 0) is 0 Å². The average molecular weight is 619 g/mol. The zero-order chi connectivity index (χ0) is 32.8. The Kier molecular flexibility index (Phi) is 7.42. The van der Waals surface area contributed by atoms with Crippen LogP contribution in [-0.4, -0.2) is 9.13 Å². The Morgan fingerprint density at radius 2 is 1.00 bits per heavy atom. The summed E-state index contributed by atoms with van der Waals surface area (Å²) in [5, 5.41) is 11.4. The largest absolute Gasteiger partial charge is 0.310 e. The Bertz CT molecular complexity index is 2760. The zero-order valence-electron chi connectivity index (χ0n) is 27.9. The lowest BCUT2D eigenvalue weighted by Crippen LogP contribution is -2.27. The first-order valence-corrected chi connectivity index (χ1v) is 17.0. The fourth-order valence-electron chi connectivity index (χ4n) is 7.53. The summed E-state index contributed by atoms with van der Waals surface area (Å²) in [7, 11) is 0. The van der Waals surface area contributed by atoms with Gasteiger partial charge in [0, 0.05) is 38.1 Å². The van der Waals surface area contributed by atoms with Gasteiger partial charge < -0.3 is 9.13 Å². The first kappa shape index (κ1) is 29.5. The normalized spacial score (nSPS) is 12.4. The van der Waals surface area contributed by atoms with E-state index in [4.69, 9.17) is 0 Å². The molecule has 0 aliphatic carbocycles. The molecule has 9 rings (SSSR count). The van der Waals surface area contributed by atoms with Crippen LogP contribution in [0.15, 0.2) is 146 Å². The molecule has 0 radical (unpaired) electrons. The molecule has 0 atom stereocenters. The van der Waals surface area contributed by atoms with Gasteiger partial charge >= 0.3 is 0 Å². The van der Waals surface area contributed by atoms with E-state index in [0.717, 1.165) is 0 Å². The van der Waals surface area contributed by atoms with E-state index in [-0.39, 0.29) is 0 Å². The molecular formula is C46H38N2. The van der Waals surface area contributed by atoms with Crippen LogP contribution in [0.4, 0.5) is 0 Å². The molecule has 232 valence electrons. The molecule has 2 nitrogen and oxygen atoms in total. The summed E-state index contributed by atoms with van der Waals surface area (Å²) >= 11 is 0. The van der Waals surface area contributed by atoms with Crippen LogP contribution < -0.4 is 10.6 Å². The average Bonchev–Trinajstić information content (AvgIpc) is 3.67. The lowest BCUT2D eigenvalue weighted by Gasteiger charge is -2.11. The van der Waals surface area contributed by atoms with Crippen molar-refractivity contribution >= 4 is 66.4 Å². The topological polar surface area (TPSA) is 9.86 Å². The summed E-state index contributed by atoms with van der Waals surface area (Å²) in [6.45, 7) is 8.27. The molecule has 7 aromatic carbocycles. The lowest BCUT2D eigenvalue weighted by molar-refractivity contribution is 1.07. The monoisotopic (exact) mass is 618 g/mol. The summed E-state index contributed by atoms with van der Waals surface area (Å²) in [6, 6.07) is 53.3. The SMILES string of the molecule is C/C=c1\c(=C/C)n(-c2ccccc2)c2ccc(-c3ccc4c(c3)c3ccccc3n4-c3ccc4c(ccc5ccccc54)c3)cc12.CC. The van der Waals surface area contributed by atoms with Gasteiger partial charge in [0.25, 0.3) is 0 Å². The minimum absolute atomic E-state index is 1.18. The van der Waals surface area contributed by atoms with Gasteiger partial charge in [-0.2, -0.15) is 0 Å². The maximum absolute atomic E-state index is 2.42. The van der Waals surface area contributed by atoms with Crippen LogP contribution in [0.1, 0.15) is 27.7 Å². The molecule has 2 heterocycles. The molecule has 0 amide bonds. The van der Waals surface area contributed by atoms with Crippen molar-refractivity contribution in [3.05, 3.63) is 156 Å². The number of rotatable bonds is 3. The third-order valence-corrected chi connectivity index (χ3v) is 9.61.